The lowest BCUT2D eigenvalue weighted by Crippen LogP contribution is -2.40. The van der Waals surface area contributed by atoms with Gasteiger partial charge in [0, 0.05) is 18.5 Å². The summed E-state index contributed by atoms with van der Waals surface area (Å²) in [6.07, 6.45) is 0. The number of hydrogen-bond acceptors (Lipinski definition) is 3. The largest absolute Gasteiger partial charge is 0.394 e. The highest BCUT2D eigenvalue weighted by molar-refractivity contribution is 5.78. The molecule has 0 saturated carbocycles. The summed E-state index contributed by atoms with van der Waals surface area (Å²) in [6.45, 7) is 4.25. The van der Waals surface area contributed by atoms with Gasteiger partial charge in [0.1, 0.15) is 0 Å². The maximum absolute atomic E-state index is 11.2. The second kappa shape index (κ2) is 5.97. The van der Waals surface area contributed by atoms with Crippen LogP contribution in [0.25, 0.3) is 0 Å². The van der Waals surface area contributed by atoms with E-state index in [2.05, 4.69) is 10.6 Å². The molecule has 1 amide bonds. The van der Waals surface area contributed by atoms with Crippen LogP contribution in [-0.4, -0.2) is 37.3 Å². The van der Waals surface area contributed by atoms with Gasteiger partial charge in [0.2, 0.25) is 5.91 Å². The van der Waals surface area contributed by atoms with Crippen molar-refractivity contribution >= 4 is 5.91 Å². The van der Waals surface area contributed by atoms with E-state index in [1.165, 1.54) is 0 Å². The van der Waals surface area contributed by atoms with Crippen molar-refractivity contribution in [3.63, 3.8) is 0 Å². The predicted molar refractivity (Wildman–Crippen MR) is 47.8 cm³/mol. The second-order valence-corrected chi connectivity index (χ2v) is 3.05. The maximum Gasteiger partial charge on any atom is 0.224 e. The standard InChI is InChI=1S/C8H18N2O2/c1-6(4-9-3)8(12)10-7(2)5-11/h6-7,9,11H,4-5H2,1-3H3,(H,10,12)/t6?,7-/m0/s1. The topological polar surface area (TPSA) is 61.4 Å². The van der Waals surface area contributed by atoms with Crippen LogP contribution in [0.1, 0.15) is 13.8 Å². The Balaban J connectivity index is 3.70. The van der Waals surface area contributed by atoms with Crippen molar-refractivity contribution in [1.82, 2.24) is 10.6 Å². The van der Waals surface area contributed by atoms with Gasteiger partial charge in [0.05, 0.1) is 6.61 Å². The average molecular weight is 174 g/mol. The molecule has 12 heavy (non-hydrogen) atoms. The van der Waals surface area contributed by atoms with E-state index in [1.54, 1.807) is 14.0 Å². The van der Waals surface area contributed by atoms with Crippen LogP contribution in [0.3, 0.4) is 0 Å². The average Bonchev–Trinajstić information content (AvgIpc) is 2.04. The van der Waals surface area contributed by atoms with E-state index in [0.717, 1.165) is 0 Å². The van der Waals surface area contributed by atoms with Gasteiger partial charge < -0.3 is 15.7 Å². The van der Waals surface area contributed by atoms with Crippen LogP contribution >= 0.6 is 0 Å². The van der Waals surface area contributed by atoms with E-state index < -0.39 is 0 Å². The number of carbonyl (C=O) groups excluding carboxylic acids is 1. The zero-order chi connectivity index (χ0) is 9.56. The lowest BCUT2D eigenvalue weighted by Gasteiger charge is -2.15. The normalized spacial score (nSPS) is 15.3. The first-order valence-corrected chi connectivity index (χ1v) is 4.17. The molecule has 0 aromatic rings. The molecular formula is C8H18N2O2. The number of aliphatic hydroxyl groups excluding tert-OH is 1. The molecular weight excluding hydrogens is 156 g/mol. The summed E-state index contributed by atoms with van der Waals surface area (Å²) in [5, 5.41) is 14.3. The maximum atomic E-state index is 11.2. The molecule has 0 radical (unpaired) electrons. The van der Waals surface area contributed by atoms with Crippen molar-refractivity contribution in [2.75, 3.05) is 20.2 Å². The SMILES string of the molecule is CNCC(C)C(=O)N[C@@H](C)CO. The lowest BCUT2D eigenvalue weighted by molar-refractivity contribution is -0.125. The van der Waals surface area contributed by atoms with Crippen LogP contribution in [0, 0.1) is 5.92 Å². The van der Waals surface area contributed by atoms with Crippen molar-refractivity contribution in [3.05, 3.63) is 0 Å². The van der Waals surface area contributed by atoms with Crippen LogP contribution in [0.5, 0.6) is 0 Å². The van der Waals surface area contributed by atoms with E-state index in [0.29, 0.717) is 6.54 Å². The fourth-order valence-corrected chi connectivity index (χ4v) is 0.830. The van der Waals surface area contributed by atoms with Gasteiger partial charge in [0.15, 0.2) is 0 Å². The van der Waals surface area contributed by atoms with Crippen LogP contribution in [0.4, 0.5) is 0 Å². The van der Waals surface area contributed by atoms with Crippen molar-refractivity contribution < 1.29 is 9.90 Å². The molecule has 0 rings (SSSR count). The molecule has 0 aliphatic rings. The van der Waals surface area contributed by atoms with Gasteiger partial charge in [-0.25, -0.2) is 0 Å². The number of nitrogens with one attached hydrogen (secondary N) is 2. The van der Waals surface area contributed by atoms with E-state index >= 15 is 0 Å². The van der Waals surface area contributed by atoms with Gasteiger partial charge in [-0.3, -0.25) is 4.79 Å². The summed E-state index contributed by atoms with van der Waals surface area (Å²) in [7, 11) is 1.80. The lowest BCUT2D eigenvalue weighted by atomic mass is 10.1. The third kappa shape index (κ3) is 4.31. The highest BCUT2D eigenvalue weighted by Crippen LogP contribution is 1.93. The molecule has 4 nitrogen and oxygen atoms in total. The van der Waals surface area contributed by atoms with Gasteiger partial charge >= 0.3 is 0 Å². The third-order valence-corrected chi connectivity index (χ3v) is 1.62. The van der Waals surface area contributed by atoms with Gasteiger partial charge in [0.25, 0.3) is 0 Å². The fourth-order valence-electron chi connectivity index (χ4n) is 0.830. The Morgan fingerprint density at radius 1 is 1.50 bits per heavy atom. The molecule has 1 unspecified atom stereocenters. The van der Waals surface area contributed by atoms with Crippen LogP contribution in [0.2, 0.25) is 0 Å². The Morgan fingerprint density at radius 2 is 2.08 bits per heavy atom. The van der Waals surface area contributed by atoms with E-state index in [1.807, 2.05) is 6.92 Å². The summed E-state index contributed by atoms with van der Waals surface area (Å²) in [5.41, 5.74) is 0. The summed E-state index contributed by atoms with van der Waals surface area (Å²) < 4.78 is 0. The molecule has 72 valence electrons. The number of carbonyl (C=O) groups is 1. The zero-order valence-electron chi connectivity index (χ0n) is 7.92. The first kappa shape index (κ1) is 11.4. The predicted octanol–water partition coefficient (Wildman–Crippen LogP) is -0.661. The summed E-state index contributed by atoms with van der Waals surface area (Å²) in [5.74, 6) is -0.0742. The molecule has 0 aromatic carbocycles. The van der Waals surface area contributed by atoms with Gasteiger partial charge in [-0.2, -0.15) is 0 Å². The van der Waals surface area contributed by atoms with Crippen LogP contribution < -0.4 is 10.6 Å². The molecule has 0 saturated heterocycles. The van der Waals surface area contributed by atoms with Crippen molar-refractivity contribution in [3.8, 4) is 0 Å². The molecule has 3 N–H and O–H groups in total. The Labute approximate surface area is 73.3 Å². The molecule has 0 bridgehead atoms. The van der Waals surface area contributed by atoms with Crippen LogP contribution in [-0.2, 0) is 4.79 Å². The Bertz CT molecular complexity index is 139. The van der Waals surface area contributed by atoms with Gasteiger partial charge in [-0.15, -0.1) is 0 Å². The van der Waals surface area contributed by atoms with Crippen molar-refractivity contribution in [2.24, 2.45) is 5.92 Å². The number of rotatable bonds is 5. The third-order valence-electron chi connectivity index (χ3n) is 1.62. The Hall–Kier alpha value is -0.610. The minimum atomic E-state index is -0.156. The zero-order valence-corrected chi connectivity index (χ0v) is 7.92. The van der Waals surface area contributed by atoms with Gasteiger partial charge in [-0.1, -0.05) is 6.92 Å². The monoisotopic (exact) mass is 174 g/mol. The minimum absolute atomic E-state index is 0.0159. The quantitative estimate of drug-likeness (QED) is 0.518. The fraction of sp³-hybridized carbons (Fsp3) is 0.875. The highest BCUT2D eigenvalue weighted by Gasteiger charge is 2.13. The smallest absolute Gasteiger partial charge is 0.224 e. The molecule has 2 atom stereocenters. The van der Waals surface area contributed by atoms with E-state index in [-0.39, 0.29) is 24.5 Å². The molecule has 0 aliphatic heterocycles. The molecule has 0 fully saturated rings. The van der Waals surface area contributed by atoms with Crippen molar-refractivity contribution in [2.45, 2.75) is 19.9 Å². The van der Waals surface area contributed by atoms with E-state index in [9.17, 15) is 4.79 Å². The molecule has 4 heteroatoms. The van der Waals surface area contributed by atoms with Crippen LogP contribution in [0.15, 0.2) is 0 Å². The first-order valence-electron chi connectivity index (χ1n) is 4.17. The molecule has 0 aliphatic carbocycles. The molecule has 0 spiro atoms. The van der Waals surface area contributed by atoms with E-state index in [4.69, 9.17) is 5.11 Å². The molecule has 0 aromatic heterocycles. The molecule has 0 heterocycles. The second-order valence-electron chi connectivity index (χ2n) is 3.05. The number of hydrogen-bond donors (Lipinski definition) is 3. The Morgan fingerprint density at radius 3 is 2.50 bits per heavy atom. The summed E-state index contributed by atoms with van der Waals surface area (Å²) in [4.78, 5) is 11.2. The number of aliphatic hydroxyl groups is 1. The number of amides is 1. The van der Waals surface area contributed by atoms with Gasteiger partial charge in [-0.05, 0) is 14.0 Å². The highest BCUT2D eigenvalue weighted by atomic mass is 16.3. The van der Waals surface area contributed by atoms with Crippen molar-refractivity contribution in [1.29, 1.82) is 0 Å². The summed E-state index contributed by atoms with van der Waals surface area (Å²) in [6, 6.07) is -0.156. The minimum Gasteiger partial charge on any atom is -0.394 e. The summed E-state index contributed by atoms with van der Waals surface area (Å²) >= 11 is 0. The Kier molecular flexibility index (Phi) is 5.66. The first-order chi connectivity index (χ1) is 5.61.